The zero-order valence-electron chi connectivity index (χ0n) is 71.8. The maximum atomic E-state index is 14.9. The highest BCUT2D eigenvalue weighted by Gasteiger charge is 2.25. The number of nitrogens with one attached hydrogen (secondary N) is 4. The van der Waals surface area contributed by atoms with Crippen molar-refractivity contribution in [3.8, 4) is 72.5 Å². The second kappa shape index (κ2) is 47.5. The van der Waals surface area contributed by atoms with Crippen LogP contribution in [0.5, 0.6) is 46.0 Å². The van der Waals surface area contributed by atoms with Crippen molar-refractivity contribution in [1.82, 2.24) is 25.3 Å². The maximum Gasteiger partial charge on any atom is 0.412 e. The van der Waals surface area contributed by atoms with Crippen LogP contribution in [0.1, 0.15) is 52.7 Å². The minimum Gasteiger partial charge on any atom is -0.453 e. The van der Waals surface area contributed by atoms with Gasteiger partial charge < -0.3 is 39.1 Å². The Morgan fingerprint density at radius 2 is 0.824 bits per heavy atom. The topological polar surface area (TPSA) is 363 Å². The van der Waals surface area contributed by atoms with Crippen molar-refractivity contribution in [3.63, 3.8) is 0 Å². The van der Waals surface area contributed by atoms with E-state index in [-0.39, 0.29) is 62.6 Å². The van der Waals surface area contributed by atoms with E-state index in [1.807, 2.05) is 103 Å². The van der Waals surface area contributed by atoms with Crippen LogP contribution in [0.4, 0.5) is 49.9 Å². The number of non-ortho nitro benzene ring substituents is 1. The molecule has 0 saturated carbocycles. The molecule has 692 valence electrons. The van der Waals surface area contributed by atoms with Gasteiger partial charge in [0.05, 0.1) is 64.0 Å². The number of ether oxygens (including phenoxy) is 6. The van der Waals surface area contributed by atoms with Gasteiger partial charge in [-0.3, -0.25) is 65.9 Å². The van der Waals surface area contributed by atoms with Crippen LogP contribution in [0.3, 0.4) is 0 Å². The third-order valence-electron chi connectivity index (χ3n) is 17.6. The van der Waals surface area contributed by atoms with E-state index < -0.39 is 51.6 Å². The van der Waals surface area contributed by atoms with Crippen molar-refractivity contribution in [2.45, 2.75) is 65.6 Å². The molecule has 7 N–H and O–H groups in total. The molecule has 41 heteroatoms. The summed E-state index contributed by atoms with van der Waals surface area (Å²) < 4.78 is 100. The van der Waals surface area contributed by atoms with Gasteiger partial charge in [0.15, 0.2) is 51.4 Å². The summed E-state index contributed by atoms with van der Waals surface area (Å²) in [5, 5.41) is 59.9. The van der Waals surface area contributed by atoms with Gasteiger partial charge in [0.25, 0.3) is 21.7 Å². The van der Waals surface area contributed by atoms with Crippen molar-refractivity contribution in [1.29, 1.82) is 5.26 Å². The largest absolute Gasteiger partial charge is 0.453 e. The van der Waals surface area contributed by atoms with Gasteiger partial charge in [-0.25, -0.2) is 27.2 Å². The van der Waals surface area contributed by atoms with Gasteiger partial charge in [-0.15, -0.1) is 45.3 Å². The van der Waals surface area contributed by atoms with Gasteiger partial charge in [-0.1, -0.05) is 60.7 Å². The van der Waals surface area contributed by atoms with Gasteiger partial charge in [0.2, 0.25) is 29.6 Å². The number of nitriles is 1. The quantitative estimate of drug-likeness (QED) is 0.00483. The monoisotopic (exact) mass is 2240 g/mol. The summed E-state index contributed by atoms with van der Waals surface area (Å²) in [6.45, 7) is 10.5. The lowest BCUT2D eigenvalue weighted by Crippen LogP contribution is -2.35. The van der Waals surface area contributed by atoms with Gasteiger partial charge in [-0.2, -0.15) is 5.26 Å². The van der Waals surface area contributed by atoms with E-state index in [1.165, 1.54) is 106 Å². The number of rotatable bonds is 18. The summed E-state index contributed by atoms with van der Waals surface area (Å²) in [6.07, 6.45) is 10.2. The van der Waals surface area contributed by atoms with Gasteiger partial charge in [0, 0.05) is 175 Å². The van der Waals surface area contributed by atoms with E-state index in [0.717, 1.165) is 73.4 Å². The molecule has 0 aliphatic carbocycles. The maximum absolute atomic E-state index is 14.9. The van der Waals surface area contributed by atoms with Crippen LogP contribution in [0.25, 0.3) is 62.0 Å². The molecule has 136 heavy (non-hydrogen) atoms. The second-order valence-corrected chi connectivity index (χ2v) is 40.1. The normalized spacial score (nSPS) is 10.8. The lowest BCUT2D eigenvalue weighted by atomic mass is 10.1. The molecule has 0 aliphatic heterocycles. The number of thioether (sulfide) groups is 1. The molecule has 6 aromatic carbocycles. The third kappa shape index (κ3) is 29.6. The molecule has 11 aromatic heterocycles. The zero-order valence-corrected chi connectivity index (χ0v) is 82.6. The van der Waals surface area contributed by atoms with Crippen molar-refractivity contribution in [3.05, 3.63) is 335 Å². The number of hydrogen-bond acceptors (Lipinski definition) is 26. The molecule has 28 nitrogen and oxygen atoms in total. The molecule has 0 radical (unpaired) electrons. The van der Waals surface area contributed by atoms with Crippen LogP contribution in [0.15, 0.2) is 285 Å². The average molecular weight is 2240 g/mol. The first-order valence-corrected chi connectivity index (χ1v) is 47.4. The third-order valence-corrected chi connectivity index (χ3v) is 25.0. The number of thiocyanates is 1. The van der Waals surface area contributed by atoms with Crippen LogP contribution >= 0.6 is 130 Å². The van der Waals surface area contributed by atoms with Crippen LogP contribution in [-0.4, -0.2) is 80.0 Å². The molecule has 0 spiro atoms. The number of pyridine rings is 7. The second-order valence-electron chi connectivity index (χ2n) is 30.0. The fourth-order valence-corrected chi connectivity index (χ4v) is 18.3. The van der Waals surface area contributed by atoms with Crippen LogP contribution in [0.2, 0.25) is 0 Å². The summed E-state index contributed by atoms with van der Waals surface area (Å²) in [4.78, 5) is 75.5. The van der Waals surface area contributed by atoms with Crippen LogP contribution in [0, 0.1) is 49.8 Å². The SMILES string of the molecule is CC(C)(C)OC(=O)Nc1ccc(Oc2ccnc3cc(-c4cccc[n+]4O)sc23)c(F)c1.CC(C)(C)OC(=O)Nc1ccc(Oc2ccnc3cc(I)sc23)c(F)c1.N#CSC(=O)Cc1ccccc1.O=C(Cc1ccccc1)NC(=S)Nc1ccc(Oc2ccnc3cc(-c4cccc[n+]4O)sc23)c(F)c1.O=[N+]([O-])c1ccc(Oc2ccnc3cc(I)sc23)c(F)c1.O[n+]1ccccc1Br. The molecule has 0 atom stereocenters. The number of amides is 3. The number of benzene rings is 6. The van der Waals surface area contributed by atoms with Crippen molar-refractivity contribution >= 4 is 222 Å². The highest BCUT2D eigenvalue weighted by atomic mass is 127. The standard InChI is InChI=1S/C27H19FN4O3S2.C23H20FN3O4S.C18H16FIN2O3S.C13H6FIN2O3S.C9H7NOS.C5H5BrNO/c28-19-15-18(30-27(36)31-25(33)14-17-6-2-1-3-7-17)9-10-22(19)35-23-11-12-29-20-16-24(37-26(20)23)21-8-4-5-13-32(21)34;1-23(2,3)31-22(28)26-14-7-8-18(15(24)12-14)30-19-9-10-25-16-13-20(32-21(16)19)17-6-4-5-11-27(17)29;1-18(2,3)25-17(23)22-10-4-5-13(11(19)8-10)24-14-6-7-21-12-9-15(20)26-16(12)14;14-8-5-7(17(18)19)1-2-10(8)20-11-3-4-16-9-6-12(15)21-13(9)11;10-7-12-9(11)6-8-4-2-1-3-5-8;6-5-3-1-2-4-7(5)8/h1-13,15-16H,14H2,(H2-,29,30,31,33,34,36);4-13H,1-3H3,(H-,25,26,28,29);4-9H,1-3H3,(H,22,23);1-6H;1-5H,6H2;1-4,8H/q;;;;;+1/p+2. The predicted molar refractivity (Wildman–Crippen MR) is 536 cm³/mol. The number of nitro benzene ring substituents is 1. The number of thiocarbonyl (C=S) groups is 1. The fourth-order valence-electron chi connectivity index (χ4n) is 11.8. The number of thiophene rings is 4. The van der Waals surface area contributed by atoms with E-state index in [9.17, 15) is 57.3 Å². The number of aromatic nitrogens is 7. The first-order chi connectivity index (χ1) is 65.0. The molecular formula is C95H75BrF4I2N13O15S6+3. The van der Waals surface area contributed by atoms with E-state index in [0.29, 0.717) is 83.3 Å². The van der Waals surface area contributed by atoms with E-state index in [2.05, 4.69) is 102 Å². The Labute approximate surface area is 834 Å². The number of nitro groups is 1. The highest BCUT2D eigenvalue weighted by Crippen LogP contribution is 2.43. The summed E-state index contributed by atoms with van der Waals surface area (Å²) in [5.41, 5.74) is 5.21. The van der Waals surface area contributed by atoms with Gasteiger partial charge >= 0.3 is 12.2 Å². The van der Waals surface area contributed by atoms with Crippen molar-refractivity contribution < 1.29 is 99.9 Å². The van der Waals surface area contributed by atoms with Gasteiger partial charge in [-0.05, 0) is 195 Å². The minimum atomic E-state index is -0.777. The smallest absolute Gasteiger partial charge is 0.412 e. The van der Waals surface area contributed by atoms with Crippen molar-refractivity contribution in [2.24, 2.45) is 0 Å². The molecule has 17 aromatic rings. The van der Waals surface area contributed by atoms with E-state index in [4.69, 9.17) is 51.1 Å². The highest BCUT2D eigenvalue weighted by molar-refractivity contribution is 14.1. The number of halogens is 7. The predicted octanol–water partition coefficient (Wildman–Crippen LogP) is 25.1. The van der Waals surface area contributed by atoms with Crippen molar-refractivity contribution in [2.75, 3.05) is 16.0 Å². The Hall–Kier alpha value is -13.7. The minimum absolute atomic E-state index is 0.000813. The fraction of sp³-hybridized carbons (Fsp3) is 0.105. The Balaban J connectivity index is 0.000000154. The Morgan fingerprint density at radius 3 is 1.18 bits per heavy atom. The van der Waals surface area contributed by atoms with Crippen LogP contribution in [-0.2, 0) is 31.9 Å². The van der Waals surface area contributed by atoms with E-state index >= 15 is 0 Å². The molecular weight excluding hydrogens is 2170 g/mol. The molecule has 0 saturated heterocycles. The average Bonchev–Trinajstić information content (AvgIpc) is 1.67. The summed E-state index contributed by atoms with van der Waals surface area (Å²) >= 11 is 19.1. The number of carbonyl (C=O) groups excluding carboxylic acids is 4. The number of carbonyl (C=O) groups is 4. The summed E-state index contributed by atoms with van der Waals surface area (Å²) in [6, 6.07) is 64.7. The summed E-state index contributed by atoms with van der Waals surface area (Å²) in [7, 11) is 0. The zero-order chi connectivity index (χ0) is 97.3. The lowest BCUT2D eigenvalue weighted by molar-refractivity contribution is -0.913. The number of nitrogens with zero attached hydrogens (tertiary/aromatic N) is 9. The first-order valence-electron chi connectivity index (χ1n) is 40.0. The summed E-state index contributed by atoms with van der Waals surface area (Å²) in [5.74, 6) is -0.995. The molecule has 0 bridgehead atoms. The van der Waals surface area contributed by atoms with Gasteiger partial charge in [0.1, 0.15) is 49.4 Å². The molecule has 0 aliphatic rings. The number of hydrogen-bond donors (Lipinski definition) is 7. The van der Waals surface area contributed by atoms with E-state index in [1.54, 1.807) is 151 Å². The molecule has 17 rings (SSSR count). The molecule has 0 fully saturated rings. The lowest BCUT2D eigenvalue weighted by Gasteiger charge is -2.19. The molecule has 11 heterocycles. The molecule has 3 amide bonds. The first kappa shape index (κ1) is 101. The molecule has 0 unspecified atom stereocenters. The van der Waals surface area contributed by atoms with Crippen LogP contribution < -0.4 is 54.4 Å². The Bertz CT molecular complexity index is 7240. The Kier molecular flexibility index (Phi) is 35.3. The Morgan fingerprint density at radius 1 is 0.471 bits per heavy atom. The number of anilines is 3. The number of fused-ring (bicyclic) bond motifs is 4.